The number of hydrogen-bond donors (Lipinski definition) is 1. The Morgan fingerprint density at radius 1 is 1.12 bits per heavy atom. The quantitative estimate of drug-likeness (QED) is 0.820. The summed E-state index contributed by atoms with van der Waals surface area (Å²) in [4.78, 5) is 2.55. The number of rotatable bonds is 3. The van der Waals surface area contributed by atoms with Crippen molar-refractivity contribution in [3.05, 3.63) is 0 Å². The molecule has 0 amide bonds. The van der Waals surface area contributed by atoms with Crippen LogP contribution in [0.3, 0.4) is 0 Å². The fraction of sp³-hybridized carbons (Fsp3) is 1.00. The highest BCUT2D eigenvalue weighted by atomic mass is 15.2. The van der Waals surface area contributed by atoms with E-state index in [1.807, 2.05) is 0 Å². The molecule has 102 valence electrons. The van der Waals surface area contributed by atoms with E-state index >= 15 is 0 Å². The standard InChI is InChI=1S/C15H32N2/c1-13(2,3)12-17(6)15(11-16)10-8-7-9-14(15,4)5/h7-12,16H2,1-6H3. The van der Waals surface area contributed by atoms with Crippen LogP contribution in [-0.2, 0) is 0 Å². The molecule has 0 saturated heterocycles. The van der Waals surface area contributed by atoms with Gasteiger partial charge < -0.3 is 5.73 Å². The average molecular weight is 240 g/mol. The molecule has 1 fully saturated rings. The first-order valence-electron chi connectivity index (χ1n) is 7.06. The number of nitrogens with zero attached hydrogens (tertiary/aromatic N) is 1. The van der Waals surface area contributed by atoms with Crippen molar-refractivity contribution in [2.75, 3.05) is 20.1 Å². The SMILES string of the molecule is CN(CC(C)(C)C)C1(CN)CCCCC1(C)C. The zero-order valence-electron chi connectivity index (χ0n) is 12.8. The van der Waals surface area contributed by atoms with Gasteiger partial charge in [-0.15, -0.1) is 0 Å². The van der Waals surface area contributed by atoms with Gasteiger partial charge in [-0.2, -0.15) is 0 Å². The van der Waals surface area contributed by atoms with E-state index in [-0.39, 0.29) is 5.54 Å². The Morgan fingerprint density at radius 2 is 1.65 bits per heavy atom. The molecule has 1 unspecified atom stereocenters. The second kappa shape index (κ2) is 4.89. The van der Waals surface area contributed by atoms with Gasteiger partial charge >= 0.3 is 0 Å². The summed E-state index contributed by atoms with van der Waals surface area (Å²) in [6, 6.07) is 0. The van der Waals surface area contributed by atoms with Gasteiger partial charge in [0.2, 0.25) is 0 Å². The van der Waals surface area contributed by atoms with Crippen LogP contribution in [0.4, 0.5) is 0 Å². The lowest BCUT2D eigenvalue weighted by atomic mass is 9.62. The monoisotopic (exact) mass is 240 g/mol. The molecule has 1 aliphatic carbocycles. The summed E-state index contributed by atoms with van der Waals surface area (Å²) >= 11 is 0. The molecular weight excluding hydrogens is 208 g/mol. The Kier molecular flexibility index (Phi) is 4.31. The van der Waals surface area contributed by atoms with E-state index in [2.05, 4.69) is 46.6 Å². The predicted molar refractivity (Wildman–Crippen MR) is 76.1 cm³/mol. The van der Waals surface area contributed by atoms with Crippen LogP contribution >= 0.6 is 0 Å². The highest BCUT2D eigenvalue weighted by molar-refractivity contribution is 5.04. The Balaban J connectivity index is 2.93. The molecule has 17 heavy (non-hydrogen) atoms. The average Bonchev–Trinajstić information content (AvgIpc) is 2.14. The first-order valence-corrected chi connectivity index (χ1v) is 7.06. The summed E-state index contributed by atoms with van der Waals surface area (Å²) in [6.45, 7) is 13.6. The number of likely N-dealkylation sites (N-methyl/N-ethyl adjacent to an activating group) is 1. The maximum Gasteiger partial charge on any atom is 0.0379 e. The minimum atomic E-state index is 0.193. The third-order valence-corrected chi connectivity index (χ3v) is 4.68. The molecule has 2 heteroatoms. The van der Waals surface area contributed by atoms with E-state index in [1.54, 1.807) is 0 Å². The van der Waals surface area contributed by atoms with Gasteiger partial charge in [-0.1, -0.05) is 47.5 Å². The third kappa shape index (κ3) is 3.03. The molecule has 1 rings (SSSR count). The Morgan fingerprint density at radius 3 is 2.06 bits per heavy atom. The molecule has 0 radical (unpaired) electrons. The highest BCUT2D eigenvalue weighted by Gasteiger charge is 2.48. The zero-order chi connectivity index (χ0) is 13.3. The van der Waals surface area contributed by atoms with E-state index in [0.717, 1.165) is 13.1 Å². The second-order valence-corrected chi connectivity index (χ2v) is 7.74. The van der Waals surface area contributed by atoms with Crippen molar-refractivity contribution in [2.45, 2.75) is 65.8 Å². The first kappa shape index (κ1) is 15.0. The normalized spacial score (nSPS) is 29.6. The van der Waals surface area contributed by atoms with Crippen molar-refractivity contribution in [2.24, 2.45) is 16.6 Å². The Hall–Kier alpha value is -0.0800. The van der Waals surface area contributed by atoms with Gasteiger partial charge in [-0.25, -0.2) is 0 Å². The summed E-state index contributed by atoms with van der Waals surface area (Å²) in [5, 5.41) is 0. The smallest absolute Gasteiger partial charge is 0.0379 e. The van der Waals surface area contributed by atoms with Gasteiger partial charge in [0.1, 0.15) is 0 Å². The van der Waals surface area contributed by atoms with Crippen LogP contribution in [0.5, 0.6) is 0 Å². The summed E-state index contributed by atoms with van der Waals surface area (Å²) in [7, 11) is 2.27. The topological polar surface area (TPSA) is 29.3 Å². The molecule has 0 aliphatic heterocycles. The summed E-state index contributed by atoms with van der Waals surface area (Å²) in [5.74, 6) is 0. The first-order chi connectivity index (χ1) is 7.65. The van der Waals surface area contributed by atoms with E-state index in [1.165, 1.54) is 25.7 Å². The zero-order valence-corrected chi connectivity index (χ0v) is 12.8. The van der Waals surface area contributed by atoms with Crippen molar-refractivity contribution in [3.63, 3.8) is 0 Å². The number of hydrogen-bond acceptors (Lipinski definition) is 2. The fourth-order valence-corrected chi connectivity index (χ4v) is 3.66. The molecule has 1 atom stereocenters. The van der Waals surface area contributed by atoms with Crippen molar-refractivity contribution < 1.29 is 0 Å². The highest BCUT2D eigenvalue weighted by Crippen LogP contribution is 2.47. The molecule has 0 aromatic heterocycles. The van der Waals surface area contributed by atoms with Gasteiger partial charge in [-0.05, 0) is 30.7 Å². The fourth-order valence-electron chi connectivity index (χ4n) is 3.66. The maximum atomic E-state index is 6.19. The van der Waals surface area contributed by atoms with Crippen LogP contribution in [0.25, 0.3) is 0 Å². The minimum Gasteiger partial charge on any atom is -0.329 e. The van der Waals surface area contributed by atoms with E-state index < -0.39 is 0 Å². The molecular formula is C15H32N2. The Labute approximate surface area is 108 Å². The van der Waals surface area contributed by atoms with Crippen LogP contribution in [-0.4, -0.2) is 30.6 Å². The Bertz CT molecular complexity index is 252. The molecule has 2 nitrogen and oxygen atoms in total. The van der Waals surface area contributed by atoms with Crippen LogP contribution in [0.1, 0.15) is 60.3 Å². The molecule has 0 heterocycles. The lowest BCUT2D eigenvalue weighted by Gasteiger charge is -2.56. The van der Waals surface area contributed by atoms with E-state index in [4.69, 9.17) is 5.73 Å². The lowest BCUT2D eigenvalue weighted by Crippen LogP contribution is -2.63. The molecule has 0 bridgehead atoms. The van der Waals surface area contributed by atoms with Crippen molar-refractivity contribution in [3.8, 4) is 0 Å². The minimum absolute atomic E-state index is 0.193. The number of nitrogens with two attached hydrogens (primary N) is 1. The van der Waals surface area contributed by atoms with Crippen LogP contribution in [0, 0.1) is 10.8 Å². The predicted octanol–water partition coefficient (Wildman–Crippen LogP) is 3.26. The molecule has 0 spiro atoms. The molecule has 0 aromatic rings. The van der Waals surface area contributed by atoms with Crippen LogP contribution < -0.4 is 5.73 Å². The molecule has 2 N–H and O–H groups in total. The largest absolute Gasteiger partial charge is 0.329 e. The van der Waals surface area contributed by atoms with Crippen molar-refractivity contribution in [1.29, 1.82) is 0 Å². The van der Waals surface area contributed by atoms with Crippen molar-refractivity contribution >= 4 is 0 Å². The summed E-state index contributed by atoms with van der Waals surface area (Å²) in [6.07, 6.45) is 5.25. The lowest BCUT2D eigenvalue weighted by molar-refractivity contribution is -0.0425. The van der Waals surface area contributed by atoms with Crippen molar-refractivity contribution in [1.82, 2.24) is 4.90 Å². The third-order valence-electron chi connectivity index (χ3n) is 4.68. The molecule has 1 saturated carbocycles. The summed E-state index contributed by atoms with van der Waals surface area (Å²) < 4.78 is 0. The maximum absolute atomic E-state index is 6.19. The second-order valence-electron chi connectivity index (χ2n) is 7.74. The van der Waals surface area contributed by atoms with E-state index in [0.29, 0.717) is 10.8 Å². The summed E-state index contributed by atoms with van der Waals surface area (Å²) in [5.41, 5.74) is 7.06. The van der Waals surface area contributed by atoms with Crippen LogP contribution in [0.2, 0.25) is 0 Å². The van der Waals surface area contributed by atoms with Gasteiger partial charge in [0.05, 0.1) is 0 Å². The molecule has 0 aromatic carbocycles. The molecule has 1 aliphatic rings. The van der Waals surface area contributed by atoms with Gasteiger partial charge in [0.15, 0.2) is 0 Å². The van der Waals surface area contributed by atoms with E-state index in [9.17, 15) is 0 Å². The van der Waals surface area contributed by atoms with Gasteiger partial charge in [-0.3, -0.25) is 4.90 Å². The van der Waals surface area contributed by atoms with Gasteiger partial charge in [0.25, 0.3) is 0 Å². The van der Waals surface area contributed by atoms with Crippen LogP contribution in [0.15, 0.2) is 0 Å². The van der Waals surface area contributed by atoms with Gasteiger partial charge in [0, 0.05) is 18.6 Å².